The minimum absolute atomic E-state index is 0.562. The number of rotatable bonds is 7. The van der Waals surface area contributed by atoms with Crippen LogP contribution in [0.3, 0.4) is 0 Å². The highest BCUT2D eigenvalue weighted by molar-refractivity contribution is 7.98. The maximum atomic E-state index is 5.45. The second kappa shape index (κ2) is 6.95. The zero-order valence-corrected chi connectivity index (χ0v) is 12.4. The maximum Gasteiger partial charge on any atom is 0.294 e. The molecule has 0 aliphatic rings. The average Bonchev–Trinajstić information content (AvgIpc) is 2.97. The Morgan fingerprint density at radius 3 is 2.89 bits per heavy atom. The summed E-state index contributed by atoms with van der Waals surface area (Å²) in [5.41, 5.74) is 0. The second-order valence-corrected chi connectivity index (χ2v) is 5.90. The molecule has 6 nitrogen and oxygen atoms in total. The van der Waals surface area contributed by atoms with Crippen molar-refractivity contribution in [2.75, 3.05) is 12.9 Å². The highest BCUT2D eigenvalue weighted by Gasteiger charge is 2.09. The predicted octanol–water partition coefficient (Wildman–Crippen LogP) is 2.48. The van der Waals surface area contributed by atoms with E-state index < -0.39 is 0 Å². The minimum Gasteiger partial charge on any atom is -0.469 e. The van der Waals surface area contributed by atoms with Crippen LogP contribution >= 0.6 is 34.9 Å². The van der Waals surface area contributed by atoms with E-state index in [2.05, 4.69) is 20.4 Å². The quantitative estimate of drug-likeness (QED) is 0.722. The largest absolute Gasteiger partial charge is 0.469 e. The van der Waals surface area contributed by atoms with Crippen LogP contribution in [0.2, 0.25) is 0 Å². The lowest BCUT2D eigenvalue weighted by molar-refractivity contribution is 0.335. The Labute approximate surface area is 117 Å². The van der Waals surface area contributed by atoms with Crippen LogP contribution in [-0.4, -0.2) is 33.3 Å². The van der Waals surface area contributed by atoms with Gasteiger partial charge < -0.3 is 9.15 Å². The molecule has 0 unspecified atom stereocenters. The van der Waals surface area contributed by atoms with E-state index in [0.717, 1.165) is 10.8 Å². The Morgan fingerprint density at radius 2 is 2.11 bits per heavy atom. The van der Waals surface area contributed by atoms with Crippen molar-refractivity contribution in [2.45, 2.75) is 23.7 Å². The van der Waals surface area contributed by atoms with E-state index in [1.54, 1.807) is 11.8 Å². The summed E-state index contributed by atoms with van der Waals surface area (Å²) in [6.45, 7) is 2.52. The van der Waals surface area contributed by atoms with Gasteiger partial charge in [0.2, 0.25) is 5.89 Å². The first-order chi connectivity index (χ1) is 8.81. The van der Waals surface area contributed by atoms with Crippen LogP contribution in [0.15, 0.2) is 9.64 Å². The van der Waals surface area contributed by atoms with E-state index in [4.69, 9.17) is 9.15 Å². The van der Waals surface area contributed by atoms with Gasteiger partial charge in [0.25, 0.3) is 10.4 Å². The van der Waals surface area contributed by atoms with E-state index in [1.165, 1.54) is 23.1 Å². The van der Waals surface area contributed by atoms with Gasteiger partial charge in [0.1, 0.15) is 5.01 Å². The Morgan fingerprint density at radius 1 is 1.22 bits per heavy atom. The highest BCUT2D eigenvalue weighted by atomic mass is 32.2. The molecule has 0 saturated carbocycles. The molecule has 9 heteroatoms. The number of nitrogens with zero attached hydrogens (tertiary/aromatic N) is 4. The van der Waals surface area contributed by atoms with Gasteiger partial charge in [-0.3, -0.25) is 0 Å². The summed E-state index contributed by atoms with van der Waals surface area (Å²) >= 11 is 4.54. The normalized spacial score (nSPS) is 10.8. The zero-order chi connectivity index (χ0) is 12.8. The summed E-state index contributed by atoms with van der Waals surface area (Å²) in [6.07, 6.45) is 1.99. The van der Waals surface area contributed by atoms with Gasteiger partial charge in [-0.2, -0.15) is 11.8 Å². The van der Waals surface area contributed by atoms with Crippen LogP contribution in [-0.2, 0) is 11.5 Å². The molecule has 0 bridgehead atoms. The van der Waals surface area contributed by atoms with Crippen molar-refractivity contribution in [2.24, 2.45) is 0 Å². The van der Waals surface area contributed by atoms with Crippen LogP contribution in [0, 0.1) is 0 Å². The molecule has 0 aromatic carbocycles. The second-order valence-electron chi connectivity index (χ2n) is 3.08. The third-order valence-corrected chi connectivity index (χ3v) is 4.14. The molecule has 2 heterocycles. The Hall–Kier alpha value is -0.800. The summed E-state index contributed by atoms with van der Waals surface area (Å²) in [6, 6.07) is 0. The van der Waals surface area contributed by atoms with Crippen molar-refractivity contribution in [1.82, 2.24) is 20.4 Å². The monoisotopic (exact) mass is 304 g/mol. The van der Waals surface area contributed by atoms with Crippen molar-refractivity contribution in [3.8, 4) is 5.19 Å². The van der Waals surface area contributed by atoms with E-state index in [-0.39, 0.29) is 0 Å². The van der Waals surface area contributed by atoms with Gasteiger partial charge in [-0.25, -0.2) is 0 Å². The first kappa shape index (κ1) is 13.6. The van der Waals surface area contributed by atoms with Gasteiger partial charge in [-0.05, 0) is 13.2 Å². The fourth-order valence-corrected chi connectivity index (χ4v) is 2.96. The summed E-state index contributed by atoms with van der Waals surface area (Å²) in [5, 5.41) is 17.9. The Kier molecular flexibility index (Phi) is 5.26. The predicted molar refractivity (Wildman–Crippen MR) is 72.2 cm³/mol. The molecule has 0 spiro atoms. The van der Waals surface area contributed by atoms with Crippen LogP contribution < -0.4 is 4.74 Å². The zero-order valence-electron chi connectivity index (χ0n) is 9.95. The first-order valence-corrected chi connectivity index (χ1v) is 8.40. The van der Waals surface area contributed by atoms with Gasteiger partial charge in [0.05, 0.1) is 18.1 Å². The summed E-state index contributed by atoms with van der Waals surface area (Å²) in [7, 11) is 0. The summed E-state index contributed by atoms with van der Waals surface area (Å²) in [5.74, 6) is 2.05. The van der Waals surface area contributed by atoms with E-state index in [0.29, 0.717) is 28.7 Å². The Bertz CT molecular complexity index is 443. The van der Waals surface area contributed by atoms with Crippen LogP contribution in [0.5, 0.6) is 5.19 Å². The van der Waals surface area contributed by atoms with Crippen molar-refractivity contribution >= 4 is 34.9 Å². The van der Waals surface area contributed by atoms with Crippen molar-refractivity contribution in [3.05, 3.63) is 10.9 Å². The van der Waals surface area contributed by atoms with Gasteiger partial charge in [0, 0.05) is 0 Å². The lowest BCUT2D eigenvalue weighted by Gasteiger charge is -1.92. The fraction of sp³-hybridized carbons (Fsp3) is 0.556. The molecule has 2 aromatic heterocycles. The number of aromatic nitrogens is 4. The number of hydrogen-bond donors (Lipinski definition) is 0. The number of hydrogen-bond acceptors (Lipinski definition) is 9. The molecule has 18 heavy (non-hydrogen) atoms. The van der Waals surface area contributed by atoms with Gasteiger partial charge in [-0.1, -0.05) is 23.1 Å². The molecule has 0 aliphatic carbocycles. The van der Waals surface area contributed by atoms with Gasteiger partial charge in [-0.15, -0.1) is 20.4 Å². The molecule has 0 amide bonds. The van der Waals surface area contributed by atoms with Crippen molar-refractivity contribution in [1.29, 1.82) is 0 Å². The van der Waals surface area contributed by atoms with Crippen molar-refractivity contribution < 1.29 is 9.15 Å². The highest BCUT2D eigenvalue weighted by Crippen LogP contribution is 2.26. The SMILES string of the molecule is CCOc1nnc(CSc2nnc(CSC)o2)s1. The van der Waals surface area contributed by atoms with Crippen LogP contribution in [0.1, 0.15) is 17.8 Å². The third-order valence-electron chi connectivity index (χ3n) is 1.75. The van der Waals surface area contributed by atoms with E-state index >= 15 is 0 Å². The molecule has 0 radical (unpaired) electrons. The lowest BCUT2D eigenvalue weighted by Crippen LogP contribution is -1.89. The summed E-state index contributed by atoms with van der Waals surface area (Å²) < 4.78 is 10.7. The summed E-state index contributed by atoms with van der Waals surface area (Å²) in [4.78, 5) is 0. The molecule has 2 aromatic rings. The molecular formula is C9H12N4O2S3. The first-order valence-electron chi connectivity index (χ1n) is 5.21. The standard InChI is InChI=1S/C9H12N4O2S3/c1-3-14-8-12-11-7(18-8)5-17-9-13-10-6(15-9)4-16-2/h3-5H2,1-2H3. The topological polar surface area (TPSA) is 73.9 Å². The average molecular weight is 304 g/mol. The number of ether oxygens (including phenoxy) is 1. The molecular weight excluding hydrogens is 292 g/mol. The number of thioether (sulfide) groups is 2. The van der Waals surface area contributed by atoms with Gasteiger partial charge >= 0.3 is 0 Å². The molecule has 0 N–H and O–H groups in total. The molecule has 0 saturated heterocycles. The molecule has 0 atom stereocenters. The van der Waals surface area contributed by atoms with Crippen LogP contribution in [0.4, 0.5) is 0 Å². The lowest BCUT2D eigenvalue weighted by atomic mass is 10.8. The van der Waals surface area contributed by atoms with E-state index in [9.17, 15) is 0 Å². The smallest absolute Gasteiger partial charge is 0.294 e. The van der Waals surface area contributed by atoms with Crippen LogP contribution in [0.25, 0.3) is 0 Å². The fourth-order valence-electron chi connectivity index (χ4n) is 1.08. The molecule has 98 valence electrons. The molecule has 2 rings (SSSR count). The Balaban J connectivity index is 1.85. The third kappa shape index (κ3) is 3.85. The van der Waals surface area contributed by atoms with E-state index in [1.807, 2.05) is 13.2 Å². The van der Waals surface area contributed by atoms with Gasteiger partial charge in [0.15, 0.2) is 0 Å². The minimum atomic E-state index is 0.562. The molecule has 0 fully saturated rings. The van der Waals surface area contributed by atoms with Crippen molar-refractivity contribution in [3.63, 3.8) is 0 Å². The maximum absolute atomic E-state index is 5.45. The molecule has 0 aliphatic heterocycles.